The van der Waals surface area contributed by atoms with Crippen LogP contribution in [-0.4, -0.2) is 40.0 Å². The number of carbonyl (C=O) groups excluding carboxylic acids is 2. The van der Waals surface area contributed by atoms with Crippen LogP contribution in [0.4, 0.5) is 5.13 Å². The Labute approximate surface area is 210 Å². The van der Waals surface area contributed by atoms with Gasteiger partial charge in [0.25, 0.3) is 5.78 Å². The summed E-state index contributed by atoms with van der Waals surface area (Å²) in [5, 5.41) is 11.7. The van der Waals surface area contributed by atoms with E-state index in [0.29, 0.717) is 33.9 Å². The lowest BCUT2D eigenvalue weighted by Gasteiger charge is -2.22. The minimum atomic E-state index is -0.885. The molecule has 0 spiro atoms. The third kappa shape index (κ3) is 3.51. The Hall–Kier alpha value is -4.24. The molecule has 2 aromatic heterocycles. The van der Waals surface area contributed by atoms with Crippen molar-refractivity contribution in [3.8, 4) is 11.5 Å². The molecule has 2 aliphatic rings. The lowest BCUT2D eigenvalue weighted by molar-refractivity contribution is -0.132. The first-order valence-electron chi connectivity index (χ1n) is 11.4. The molecule has 9 heteroatoms. The van der Waals surface area contributed by atoms with Crippen LogP contribution in [0.15, 0.2) is 66.5 Å². The summed E-state index contributed by atoms with van der Waals surface area (Å²) in [4.78, 5) is 37.0. The van der Waals surface area contributed by atoms with Gasteiger partial charge in [-0.05, 0) is 60.5 Å². The summed E-state index contributed by atoms with van der Waals surface area (Å²) in [6.07, 6.45) is 3.94. The van der Waals surface area contributed by atoms with Crippen molar-refractivity contribution in [1.82, 2.24) is 9.97 Å². The summed E-state index contributed by atoms with van der Waals surface area (Å²) < 4.78 is 11.9. The molecule has 2 aromatic carbocycles. The summed E-state index contributed by atoms with van der Waals surface area (Å²) in [6, 6.07) is 13.3. The van der Waals surface area contributed by atoms with Crippen molar-refractivity contribution in [2.45, 2.75) is 25.5 Å². The van der Waals surface area contributed by atoms with E-state index in [1.807, 2.05) is 19.1 Å². The fourth-order valence-corrected chi connectivity index (χ4v) is 5.75. The fraction of sp³-hybridized carbons (Fsp3) is 0.185. The Kier molecular flexibility index (Phi) is 5.22. The van der Waals surface area contributed by atoms with E-state index in [1.54, 1.807) is 55.9 Å². The van der Waals surface area contributed by atoms with Gasteiger partial charge in [-0.2, -0.15) is 0 Å². The van der Waals surface area contributed by atoms with Crippen molar-refractivity contribution < 1.29 is 24.2 Å². The Bertz CT molecular complexity index is 1560. The maximum atomic E-state index is 13.4. The van der Waals surface area contributed by atoms with Crippen LogP contribution in [-0.2, 0) is 16.0 Å². The van der Waals surface area contributed by atoms with E-state index in [9.17, 15) is 14.7 Å². The second-order valence-corrected chi connectivity index (χ2v) is 9.75. The first-order valence-corrected chi connectivity index (χ1v) is 12.2. The zero-order valence-corrected chi connectivity index (χ0v) is 20.3. The van der Waals surface area contributed by atoms with Crippen LogP contribution in [0.1, 0.15) is 29.7 Å². The van der Waals surface area contributed by atoms with Crippen LogP contribution in [0, 0.1) is 0 Å². The number of methoxy groups -OCH3 is 1. The predicted octanol–water partition coefficient (Wildman–Crippen LogP) is 4.65. The number of hydrogen-bond donors (Lipinski definition) is 1. The number of aliphatic hydroxyl groups is 1. The largest absolute Gasteiger partial charge is 0.507 e. The van der Waals surface area contributed by atoms with Crippen LogP contribution in [0.2, 0.25) is 0 Å². The molecule has 4 heterocycles. The molecule has 2 aliphatic heterocycles. The molecule has 36 heavy (non-hydrogen) atoms. The number of Topliss-reactive ketones (excluding diaryl/α,β-unsaturated/α-hetero) is 1. The van der Waals surface area contributed by atoms with E-state index < -0.39 is 17.7 Å². The second kappa shape index (κ2) is 8.46. The molecule has 0 bridgehead atoms. The molecule has 0 saturated carbocycles. The maximum absolute atomic E-state index is 13.4. The number of benzene rings is 2. The number of rotatable bonds is 4. The normalized spacial score (nSPS) is 20.6. The van der Waals surface area contributed by atoms with Gasteiger partial charge in [0.15, 0.2) is 5.13 Å². The van der Waals surface area contributed by atoms with E-state index in [-0.39, 0.29) is 17.4 Å². The van der Waals surface area contributed by atoms with Crippen LogP contribution >= 0.6 is 11.3 Å². The van der Waals surface area contributed by atoms with Crippen molar-refractivity contribution in [2.24, 2.45) is 0 Å². The lowest BCUT2D eigenvalue weighted by Crippen LogP contribution is -2.29. The van der Waals surface area contributed by atoms with Gasteiger partial charge in [0, 0.05) is 24.4 Å². The number of carbonyl (C=O) groups is 2. The van der Waals surface area contributed by atoms with Gasteiger partial charge in [0.05, 0.1) is 28.9 Å². The first-order chi connectivity index (χ1) is 17.4. The monoisotopic (exact) mass is 499 g/mol. The topological polar surface area (TPSA) is 102 Å². The zero-order valence-electron chi connectivity index (χ0n) is 19.5. The molecule has 0 aliphatic carbocycles. The summed E-state index contributed by atoms with van der Waals surface area (Å²) in [5.41, 5.74) is 2.66. The lowest BCUT2D eigenvalue weighted by atomic mass is 9.95. The summed E-state index contributed by atoms with van der Waals surface area (Å²) in [6.45, 7) is 1.97. The molecule has 180 valence electrons. The van der Waals surface area contributed by atoms with E-state index in [0.717, 1.165) is 16.0 Å². The molecule has 2 atom stereocenters. The first kappa shape index (κ1) is 22.2. The third-order valence-corrected chi connectivity index (χ3v) is 7.42. The fourth-order valence-electron chi connectivity index (χ4n) is 4.73. The quantitative estimate of drug-likeness (QED) is 0.248. The Morgan fingerprint density at radius 1 is 1.19 bits per heavy atom. The highest BCUT2D eigenvalue weighted by Gasteiger charge is 2.48. The molecule has 0 radical (unpaired) electrons. The number of amides is 1. The standard InChI is InChI=1S/C27H21N3O5S/c1-14-10-17-11-15(5-8-20(17)35-14)24(31)22-23(16-4-3-9-28-13-16)30(26(33)25(22)32)27-29-19-7-6-18(34-2)12-21(19)36-27/h3-9,11-14,23,31H,10H2,1-2H3/t14-,23-/m1/s1. The third-order valence-electron chi connectivity index (χ3n) is 6.40. The number of aliphatic hydroxyl groups excluding tert-OH is 1. The van der Waals surface area contributed by atoms with Gasteiger partial charge in [-0.1, -0.05) is 17.4 Å². The molecule has 1 saturated heterocycles. The van der Waals surface area contributed by atoms with Crippen molar-refractivity contribution in [2.75, 3.05) is 12.0 Å². The van der Waals surface area contributed by atoms with Gasteiger partial charge in [-0.15, -0.1) is 0 Å². The molecule has 0 unspecified atom stereocenters. The second-order valence-electron chi connectivity index (χ2n) is 8.74. The average molecular weight is 500 g/mol. The number of fused-ring (bicyclic) bond motifs is 2. The van der Waals surface area contributed by atoms with Crippen molar-refractivity contribution >= 4 is 44.1 Å². The molecule has 1 amide bonds. The van der Waals surface area contributed by atoms with Crippen molar-refractivity contribution in [1.29, 1.82) is 0 Å². The van der Waals surface area contributed by atoms with Crippen molar-refractivity contribution in [3.05, 3.63) is 83.2 Å². The van der Waals surface area contributed by atoms with Crippen LogP contribution in [0.3, 0.4) is 0 Å². The van der Waals surface area contributed by atoms with Gasteiger partial charge in [-0.25, -0.2) is 4.98 Å². The number of ketones is 1. The Morgan fingerprint density at radius 3 is 2.83 bits per heavy atom. The maximum Gasteiger partial charge on any atom is 0.301 e. The summed E-state index contributed by atoms with van der Waals surface area (Å²) in [7, 11) is 1.58. The zero-order chi connectivity index (χ0) is 25.0. The van der Waals surface area contributed by atoms with E-state index >= 15 is 0 Å². The molecule has 8 nitrogen and oxygen atoms in total. The Morgan fingerprint density at radius 2 is 2.06 bits per heavy atom. The highest BCUT2D eigenvalue weighted by Crippen LogP contribution is 2.45. The van der Waals surface area contributed by atoms with Crippen LogP contribution in [0.25, 0.3) is 16.0 Å². The van der Waals surface area contributed by atoms with E-state index in [2.05, 4.69) is 9.97 Å². The molecule has 1 fully saturated rings. The van der Waals surface area contributed by atoms with Crippen LogP contribution in [0.5, 0.6) is 11.5 Å². The SMILES string of the molecule is COc1ccc2nc(N3C(=O)C(=O)C(=C(O)c4ccc5c(c4)C[C@@H](C)O5)[C@H]3c3cccnc3)sc2c1. The van der Waals surface area contributed by atoms with Gasteiger partial charge >= 0.3 is 5.91 Å². The minimum Gasteiger partial charge on any atom is -0.507 e. The van der Waals surface area contributed by atoms with E-state index in [1.165, 1.54) is 16.2 Å². The summed E-state index contributed by atoms with van der Waals surface area (Å²) in [5.74, 6) is -0.348. The molecule has 1 N–H and O–H groups in total. The van der Waals surface area contributed by atoms with E-state index in [4.69, 9.17) is 9.47 Å². The molecular weight excluding hydrogens is 478 g/mol. The number of anilines is 1. The molecule has 6 rings (SSSR count). The molecular formula is C27H21N3O5S. The number of pyridine rings is 1. The smallest absolute Gasteiger partial charge is 0.301 e. The number of hydrogen-bond acceptors (Lipinski definition) is 8. The van der Waals surface area contributed by atoms with Gasteiger partial charge < -0.3 is 14.6 Å². The molecule has 4 aromatic rings. The van der Waals surface area contributed by atoms with Gasteiger partial charge in [0.1, 0.15) is 23.4 Å². The minimum absolute atomic E-state index is 0.00301. The average Bonchev–Trinajstić information content (AvgIpc) is 3.55. The Balaban J connectivity index is 1.52. The highest BCUT2D eigenvalue weighted by atomic mass is 32.1. The summed E-state index contributed by atoms with van der Waals surface area (Å²) >= 11 is 1.27. The highest BCUT2D eigenvalue weighted by molar-refractivity contribution is 7.22. The van der Waals surface area contributed by atoms with Crippen molar-refractivity contribution in [3.63, 3.8) is 0 Å². The van der Waals surface area contributed by atoms with Gasteiger partial charge in [-0.3, -0.25) is 19.5 Å². The number of ether oxygens (including phenoxy) is 2. The number of nitrogens with zero attached hydrogens (tertiary/aromatic N) is 3. The van der Waals surface area contributed by atoms with Gasteiger partial charge in [0.2, 0.25) is 0 Å². The number of thiazole rings is 1. The van der Waals surface area contributed by atoms with Crippen LogP contribution < -0.4 is 14.4 Å². The number of aromatic nitrogens is 2. The predicted molar refractivity (Wildman–Crippen MR) is 135 cm³/mol.